The van der Waals surface area contributed by atoms with Crippen LogP contribution in [0.1, 0.15) is 0 Å². The molecule has 4 nitrogen and oxygen atoms in total. The Morgan fingerprint density at radius 2 is 1.54 bits per heavy atom. The third kappa shape index (κ3) is 3.70. The van der Waals surface area contributed by atoms with E-state index in [-0.39, 0.29) is 11.6 Å². The molecule has 0 saturated carbocycles. The lowest BCUT2D eigenvalue weighted by molar-refractivity contribution is 0.602. The molecule has 2 aromatic carbocycles. The summed E-state index contributed by atoms with van der Waals surface area (Å²) in [4.78, 5) is 0.611. The molecule has 0 aliphatic rings. The minimum atomic E-state index is -0.400. The number of thioether (sulfide) groups is 2. The molecule has 0 radical (unpaired) electrons. The highest BCUT2D eigenvalue weighted by atomic mass is 32.2. The fourth-order valence-corrected chi connectivity index (χ4v) is 3.82. The Morgan fingerprint density at radius 3 is 2.29 bits per heavy atom. The van der Waals surface area contributed by atoms with Crippen molar-refractivity contribution >= 4 is 23.5 Å². The fourth-order valence-electron chi connectivity index (χ4n) is 2.05. The van der Waals surface area contributed by atoms with Gasteiger partial charge in [0.05, 0.1) is 5.56 Å². The molecule has 0 spiro atoms. The molecule has 0 aliphatic carbocycles. The van der Waals surface area contributed by atoms with Crippen molar-refractivity contribution < 1.29 is 8.78 Å². The molecule has 1 heterocycles. The van der Waals surface area contributed by atoms with Gasteiger partial charge in [-0.15, -0.1) is 22.0 Å². The van der Waals surface area contributed by atoms with Crippen LogP contribution in [0.25, 0.3) is 11.4 Å². The Morgan fingerprint density at radius 1 is 0.875 bits per heavy atom. The number of nitrogens with two attached hydrogens (primary N) is 1. The molecular weight excluding hydrogens is 350 g/mol. The number of halogens is 2. The summed E-state index contributed by atoms with van der Waals surface area (Å²) >= 11 is 2.82. The van der Waals surface area contributed by atoms with Crippen molar-refractivity contribution in [1.29, 1.82) is 0 Å². The zero-order chi connectivity index (χ0) is 16.9. The van der Waals surface area contributed by atoms with Crippen molar-refractivity contribution in [3.8, 4) is 11.4 Å². The standard InChI is InChI=1S/C16H14F2N4S2/c17-12-6-2-1-5-11(12)15-20-21-16(22(15)19)24-10-9-23-14-8-4-3-7-13(14)18/h1-8H,9-10,19H2. The largest absolute Gasteiger partial charge is 0.335 e. The van der Waals surface area contributed by atoms with Gasteiger partial charge in [-0.2, -0.15) is 0 Å². The van der Waals surface area contributed by atoms with E-state index >= 15 is 0 Å². The molecule has 0 bridgehead atoms. The predicted octanol–water partition coefficient (Wildman–Crippen LogP) is 3.82. The van der Waals surface area contributed by atoms with Gasteiger partial charge in [-0.3, -0.25) is 0 Å². The van der Waals surface area contributed by atoms with Crippen LogP contribution < -0.4 is 5.84 Å². The first-order valence-corrected chi connectivity index (χ1v) is 9.09. The van der Waals surface area contributed by atoms with E-state index < -0.39 is 5.82 Å². The molecule has 0 amide bonds. The van der Waals surface area contributed by atoms with Gasteiger partial charge >= 0.3 is 0 Å². The third-order valence-corrected chi connectivity index (χ3v) is 5.44. The van der Waals surface area contributed by atoms with Gasteiger partial charge in [-0.25, -0.2) is 13.5 Å². The number of nitrogens with zero attached hydrogens (tertiary/aromatic N) is 3. The van der Waals surface area contributed by atoms with Gasteiger partial charge in [-0.1, -0.05) is 36.0 Å². The maximum atomic E-state index is 13.8. The van der Waals surface area contributed by atoms with Crippen LogP contribution in [0.15, 0.2) is 58.6 Å². The molecule has 1 aromatic heterocycles. The van der Waals surface area contributed by atoms with Crippen LogP contribution >= 0.6 is 23.5 Å². The van der Waals surface area contributed by atoms with E-state index in [1.807, 2.05) is 0 Å². The quantitative estimate of drug-likeness (QED) is 0.409. The molecule has 0 fully saturated rings. The van der Waals surface area contributed by atoms with E-state index in [9.17, 15) is 8.78 Å². The van der Waals surface area contributed by atoms with Crippen molar-refractivity contribution in [2.24, 2.45) is 0 Å². The summed E-state index contributed by atoms with van der Waals surface area (Å²) in [6.45, 7) is 0. The molecule has 0 aliphatic heterocycles. The van der Waals surface area contributed by atoms with Crippen LogP contribution in [-0.4, -0.2) is 26.4 Å². The molecule has 0 atom stereocenters. The summed E-state index contributed by atoms with van der Waals surface area (Å²) in [7, 11) is 0. The summed E-state index contributed by atoms with van der Waals surface area (Å²) in [6.07, 6.45) is 0. The summed E-state index contributed by atoms with van der Waals surface area (Å²) < 4.78 is 28.6. The first kappa shape index (κ1) is 16.8. The molecule has 124 valence electrons. The third-order valence-electron chi connectivity index (χ3n) is 3.19. The second-order valence-corrected chi connectivity index (χ2v) is 6.98. The summed E-state index contributed by atoms with van der Waals surface area (Å²) in [5, 5.41) is 8.44. The highest BCUT2D eigenvalue weighted by molar-refractivity contribution is 8.02. The van der Waals surface area contributed by atoms with Gasteiger partial charge in [0.2, 0.25) is 5.16 Å². The smallest absolute Gasteiger partial charge is 0.210 e. The minimum Gasteiger partial charge on any atom is -0.335 e. The predicted molar refractivity (Wildman–Crippen MR) is 93.4 cm³/mol. The second-order valence-electron chi connectivity index (χ2n) is 4.78. The van der Waals surface area contributed by atoms with E-state index in [1.54, 1.807) is 36.4 Å². The van der Waals surface area contributed by atoms with Crippen LogP contribution in [-0.2, 0) is 0 Å². The monoisotopic (exact) mass is 364 g/mol. The van der Waals surface area contributed by atoms with Crippen LogP contribution in [0.4, 0.5) is 8.78 Å². The van der Waals surface area contributed by atoms with Crippen molar-refractivity contribution in [1.82, 2.24) is 14.9 Å². The van der Waals surface area contributed by atoms with Crippen LogP contribution in [0.5, 0.6) is 0 Å². The van der Waals surface area contributed by atoms with Crippen molar-refractivity contribution in [3.63, 3.8) is 0 Å². The van der Waals surface area contributed by atoms with Gasteiger partial charge in [0, 0.05) is 16.4 Å². The van der Waals surface area contributed by atoms with Crippen LogP contribution in [0, 0.1) is 11.6 Å². The summed E-state index contributed by atoms with van der Waals surface area (Å²) in [5.41, 5.74) is 0.306. The Kier molecular flexibility index (Phi) is 5.37. The van der Waals surface area contributed by atoms with E-state index in [4.69, 9.17) is 5.84 Å². The first-order valence-electron chi connectivity index (χ1n) is 7.12. The molecule has 24 heavy (non-hydrogen) atoms. The lowest BCUT2D eigenvalue weighted by Crippen LogP contribution is -2.12. The van der Waals surface area contributed by atoms with E-state index in [0.717, 1.165) is 0 Å². The Hall–Kier alpha value is -2.06. The summed E-state index contributed by atoms with van der Waals surface area (Å²) in [5.74, 6) is 6.97. The molecular formula is C16H14F2N4S2. The van der Waals surface area contributed by atoms with Crippen molar-refractivity contribution in [2.75, 3.05) is 17.3 Å². The molecule has 0 saturated heterocycles. The lowest BCUT2D eigenvalue weighted by Gasteiger charge is -2.05. The Labute approximate surface area is 146 Å². The molecule has 0 unspecified atom stereocenters. The van der Waals surface area contributed by atoms with Gasteiger partial charge < -0.3 is 5.84 Å². The van der Waals surface area contributed by atoms with Gasteiger partial charge in [-0.05, 0) is 24.3 Å². The van der Waals surface area contributed by atoms with Gasteiger partial charge in [0.25, 0.3) is 0 Å². The average molecular weight is 364 g/mol. The number of hydrogen-bond acceptors (Lipinski definition) is 5. The van der Waals surface area contributed by atoms with E-state index in [0.29, 0.717) is 27.1 Å². The van der Waals surface area contributed by atoms with Crippen LogP contribution in [0.2, 0.25) is 0 Å². The minimum absolute atomic E-state index is 0.226. The normalized spacial score (nSPS) is 10.9. The fraction of sp³-hybridized carbons (Fsp3) is 0.125. The topological polar surface area (TPSA) is 56.7 Å². The second kappa shape index (κ2) is 7.67. The number of nitrogen functional groups attached to an aromatic ring is 1. The van der Waals surface area contributed by atoms with E-state index in [2.05, 4.69) is 10.2 Å². The Bertz CT molecular complexity index is 838. The lowest BCUT2D eigenvalue weighted by atomic mass is 10.2. The number of rotatable bonds is 6. The number of aromatic nitrogens is 3. The number of benzene rings is 2. The summed E-state index contributed by atoms with van der Waals surface area (Å²) in [6, 6.07) is 12.9. The molecule has 3 rings (SSSR count). The van der Waals surface area contributed by atoms with E-state index in [1.165, 1.54) is 40.3 Å². The highest BCUT2D eigenvalue weighted by Crippen LogP contribution is 2.26. The molecule has 3 aromatic rings. The molecule has 8 heteroatoms. The zero-order valence-electron chi connectivity index (χ0n) is 12.5. The average Bonchev–Trinajstić information content (AvgIpc) is 2.94. The SMILES string of the molecule is Nn1c(SCCSc2ccccc2F)nnc1-c1ccccc1F. The van der Waals surface area contributed by atoms with Crippen molar-refractivity contribution in [3.05, 3.63) is 60.2 Å². The van der Waals surface area contributed by atoms with Gasteiger partial charge in [0.15, 0.2) is 5.82 Å². The van der Waals surface area contributed by atoms with Gasteiger partial charge in [0.1, 0.15) is 11.6 Å². The van der Waals surface area contributed by atoms with Crippen molar-refractivity contribution in [2.45, 2.75) is 10.1 Å². The number of hydrogen-bond donors (Lipinski definition) is 1. The maximum Gasteiger partial charge on any atom is 0.210 e. The highest BCUT2D eigenvalue weighted by Gasteiger charge is 2.15. The van der Waals surface area contributed by atoms with Crippen LogP contribution in [0.3, 0.4) is 0 Å². The Balaban J connectivity index is 1.61. The zero-order valence-corrected chi connectivity index (χ0v) is 14.2. The molecule has 2 N–H and O–H groups in total. The maximum absolute atomic E-state index is 13.8. The first-order chi connectivity index (χ1) is 11.7.